The Bertz CT molecular complexity index is 575. The zero-order chi connectivity index (χ0) is 16.4. The number of aliphatic carboxylic acids is 1. The monoisotopic (exact) mass is 383 g/mol. The highest BCUT2D eigenvalue weighted by atomic mass is 79.9. The van der Waals surface area contributed by atoms with Gasteiger partial charge in [0.15, 0.2) is 11.6 Å². The van der Waals surface area contributed by atoms with Crippen molar-refractivity contribution in [3.8, 4) is 0 Å². The highest BCUT2D eigenvalue weighted by Gasteiger charge is 2.28. The summed E-state index contributed by atoms with van der Waals surface area (Å²) in [6.07, 6.45) is -0.519. The molecule has 0 aliphatic carbocycles. The van der Waals surface area contributed by atoms with Crippen molar-refractivity contribution in [2.45, 2.75) is 38.0 Å². The van der Waals surface area contributed by atoms with Gasteiger partial charge in [0, 0.05) is 10.0 Å². The summed E-state index contributed by atoms with van der Waals surface area (Å²) in [6, 6.07) is 1.12. The Kier molecular flexibility index (Phi) is 6.01. The normalized spacial score (nSPS) is 14.8. The summed E-state index contributed by atoms with van der Waals surface area (Å²) < 4.78 is 41.6. The Morgan fingerprint density at radius 3 is 2.48 bits per heavy atom. The molecule has 118 valence electrons. The summed E-state index contributed by atoms with van der Waals surface area (Å²) in [5, 5.41) is 8.92. The molecule has 1 rings (SSSR count). The largest absolute Gasteiger partial charge is 0.481 e. The third-order valence-electron chi connectivity index (χ3n) is 2.58. The second kappa shape index (κ2) is 6.93. The van der Waals surface area contributed by atoms with Gasteiger partial charge < -0.3 is 5.11 Å². The highest BCUT2D eigenvalue weighted by molar-refractivity contribution is 9.10. The first-order valence-electron chi connectivity index (χ1n) is 6.06. The average molecular weight is 384 g/mol. The van der Waals surface area contributed by atoms with E-state index >= 15 is 0 Å². The molecule has 0 saturated carbocycles. The van der Waals surface area contributed by atoms with Crippen molar-refractivity contribution in [2.75, 3.05) is 0 Å². The van der Waals surface area contributed by atoms with E-state index < -0.39 is 45.8 Å². The molecule has 0 saturated heterocycles. The van der Waals surface area contributed by atoms with Crippen LogP contribution in [0.2, 0.25) is 0 Å². The maximum Gasteiger partial charge on any atom is 0.305 e. The van der Waals surface area contributed by atoms with Gasteiger partial charge in [0.2, 0.25) is 0 Å². The molecule has 0 spiro atoms. The third-order valence-corrected chi connectivity index (χ3v) is 4.65. The minimum Gasteiger partial charge on any atom is -0.481 e. The lowest BCUT2D eigenvalue weighted by molar-refractivity contribution is -0.137. The number of carbonyl (C=O) groups is 1. The Morgan fingerprint density at radius 2 is 2.00 bits per heavy atom. The second-order valence-electron chi connectivity index (χ2n) is 5.44. The second-order valence-corrected chi connectivity index (χ2v) is 8.35. The molecule has 0 heterocycles. The fourth-order valence-corrected chi connectivity index (χ4v) is 2.80. The first-order valence-corrected chi connectivity index (χ1v) is 8.01. The van der Waals surface area contributed by atoms with Crippen LogP contribution in [0.4, 0.5) is 8.78 Å². The van der Waals surface area contributed by atoms with Gasteiger partial charge in [-0.15, -0.1) is 0 Å². The predicted octanol–water partition coefficient (Wildman–Crippen LogP) is 3.29. The fraction of sp³-hybridized carbons (Fsp3) is 0.462. The summed E-state index contributed by atoms with van der Waals surface area (Å²) in [6.45, 7) is 5.06. The number of hydrogen-bond donors (Lipinski definition) is 2. The van der Waals surface area contributed by atoms with Gasteiger partial charge in [-0.05, 0) is 32.9 Å². The molecule has 1 aromatic carbocycles. The van der Waals surface area contributed by atoms with E-state index in [1.807, 2.05) is 0 Å². The Balaban J connectivity index is 3.20. The van der Waals surface area contributed by atoms with Gasteiger partial charge in [0.1, 0.15) is 0 Å². The third kappa shape index (κ3) is 5.12. The van der Waals surface area contributed by atoms with Gasteiger partial charge in [-0.25, -0.2) is 17.7 Å². The number of rotatable bonds is 5. The first kappa shape index (κ1) is 18.2. The van der Waals surface area contributed by atoms with Crippen LogP contribution in [0.5, 0.6) is 0 Å². The molecule has 0 aliphatic rings. The van der Waals surface area contributed by atoms with E-state index in [1.54, 1.807) is 20.8 Å². The predicted molar refractivity (Wildman–Crippen MR) is 80.1 cm³/mol. The molecular weight excluding hydrogens is 368 g/mol. The zero-order valence-corrected chi connectivity index (χ0v) is 14.1. The van der Waals surface area contributed by atoms with Crippen LogP contribution in [0.15, 0.2) is 16.6 Å². The number of benzene rings is 1. The molecule has 0 amide bonds. The molecule has 2 atom stereocenters. The summed E-state index contributed by atoms with van der Waals surface area (Å²) in [5.41, 5.74) is -0.179. The molecule has 1 aromatic rings. The Labute approximate surface area is 132 Å². The van der Waals surface area contributed by atoms with Gasteiger partial charge >= 0.3 is 5.97 Å². The fourth-order valence-electron chi connectivity index (χ4n) is 1.53. The Hall–Kier alpha value is -0.860. The van der Waals surface area contributed by atoms with E-state index in [-0.39, 0.29) is 10.0 Å². The van der Waals surface area contributed by atoms with E-state index in [2.05, 4.69) is 20.7 Å². The smallest absolute Gasteiger partial charge is 0.305 e. The van der Waals surface area contributed by atoms with Crippen LogP contribution < -0.4 is 4.72 Å². The molecule has 0 aliphatic heterocycles. The van der Waals surface area contributed by atoms with Crippen LogP contribution in [0.3, 0.4) is 0 Å². The minimum absolute atomic E-state index is 0.179. The van der Waals surface area contributed by atoms with Crippen LogP contribution >= 0.6 is 15.9 Å². The molecular formula is C13H16BrF2NO3S. The lowest BCUT2D eigenvalue weighted by Crippen LogP contribution is -2.37. The van der Waals surface area contributed by atoms with Crippen molar-refractivity contribution in [3.05, 3.63) is 33.8 Å². The minimum atomic E-state index is -1.62. The molecule has 0 radical (unpaired) electrons. The SMILES string of the molecule is CC(C)(C)[S@@](=O)N[C@@H](CC(=O)O)c1cc(Br)cc(F)c1F. The molecule has 0 unspecified atom stereocenters. The van der Waals surface area contributed by atoms with Gasteiger partial charge in [-0.1, -0.05) is 15.9 Å². The van der Waals surface area contributed by atoms with E-state index in [1.165, 1.54) is 6.07 Å². The van der Waals surface area contributed by atoms with Crippen molar-refractivity contribution >= 4 is 32.9 Å². The zero-order valence-electron chi connectivity index (χ0n) is 11.7. The summed E-state index contributed by atoms with van der Waals surface area (Å²) in [5.74, 6) is -3.46. The maximum absolute atomic E-state index is 13.9. The van der Waals surface area contributed by atoms with E-state index in [4.69, 9.17) is 5.11 Å². The number of nitrogens with one attached hydrogen (secondary N) is 1. The molecule has 21 heavy (non-hydrogen) atoms. The van der Waals surface area contributed by atoms with E-state index in [0.717, 1.165) is 6.07 Å². The van der Waals surface area contributed by atoms with E-state index in [0.29, 0.717) is 0 Å². The van der Waals surface area contributed by atoms with Crippen LogP contribution in [-0.4, -0.2) is 20.0 Å². The van der Waals surface area contributed by atoms with Crippen LogP contribution in [0, 0.1) is 11.6 Å². The van der Waals surface area contributed by atoms with Crippen LogP contribution in [0.1, 0.15) is 38.8 Å². The van der Waals surface area contributed by atoms with Crippen molar-refractivity contribution in [3.63, 3.8) is 0 Å². The molecule has 0 bridgehead atoms. The molecule has 2 N–H and O–H groups in total. The van der Waals surface area contributed by atoms with Gasteiger partial charge in [0.25, 0.3) is 0 Å². The standard InChI is InChI=1S/C13H16BrF2NO3S/c1-13(2,3)21(20)17-10(6-11(18)19)8-4-7(14)5-9(15)12(8)16/h4-5,10,17H,6H2,1-3H3,(H,18,19)/t10-,21+/m0/s1. The van der Waals surface area contributed by atoms with Gasteiger partial charge in [-0.3, -0.25) is 4.79 Å². The molecule has 4 nitrogen and oxygen atoms in total. The van der Waals surface area contributed by atoms with Crippen molar-refractivity contribution in [2.24, 2.45) is 0 Å². The summed E-state index contributed by atoms with van der Waals surface area (Å²) in [4.78, 5) is 10.9. The topological polar surface area (TPSA) is 66.4 Å². The van der Waals surface area contributed by atoms with Crippen LogP contribution in [0.25, 0.3) is 0 Å². The molecule has 0 fully saturated rings. The Morgan fingerprint density at radius 1 is 1.43 bits per heavy atom. The quantitative estimate of drug-likeness (QED) is 0.766. The number of hydrogen-bond acceptors (Lipinski definition) is 2. The summed E-state index contributed by atoms with van der Waals surface area (Å²) >= 11 is 3.03. The number of carboxylic acids is 1. The highest BCUT2D eigenvalue weighted by Crippen LogP contribution is 2.27. The van der Waals surface area contributed by atoms with Gasteiger partial charge in [-0.2, -0.15) is 0 Å². The van der Waals surface area contributed by atoms with E-state index in [9.17, 15) is 17.8 Å². The van der Waals surface area contributed by atoms with Crippen molar-refractivity contribution in [1.29, 1.82) is 0 Å². The average Bonchev–Trinajstić information content (AvgIpc) is 2.31. The first-order chi connectivity index (χ1) is 9.52. The molecule has 8 heteroatoms. The molecule has 0 aromatic heterocycles. The number of halogens is 3. The van der Waals surface area contributed by atoms with Gasteiger partial charge in [0.05, 0.1) is 28.2 Å². The number of carboxylic acid groups (broad SMARTS) is 1. The summed E-state index contributed by atoms with van der Waals surface area (Å²) in [7, 11) is -1.62. The maximum atomic E-state index is 13.9. The van der Waals surface area contributed by atoms with Crippen molar-refractivity contribution < 1.29 is 22.9 Å². The lowest BCUT2D eigenvalue weighted by atomic mass is 10.0. The van der Waals surface area contributed by atoms with Crippen molar-refractivity contribution in [1.82, 2.24) is 4.72 Å². The van der Waals surface area contributed by atoms with Crippen LogP contribution in [-0.2, 0) is 15.8 Å². The lowest BCUT2D eigenvalue weighted by Gasteiger charge is -2.24.